The first kappa shape index (κ1) is 21.1. The Hall–Kier alpha value is -2.15. The summed E-state index contributed by atoms with van der Waals surface area (Å²) in [6, 6.07) is 8.88. The number of hydrogen-bond donors (Lipinski definition) is 0. The molecule has 156 valence electrons. The van der Waals surface area contributed by atoms with Gasteiger partial charge in [0.2, 0.25) is 0 Å². The van der Waals surface area contributed by atoms with Crippen LogP contribution in [0.2, 0.25) is 0 Å². The van der Waals surface area contributed by atoms with Gasteiger partial charge in [-0.25, -0.2) is 14.6 Å². The maximum absolute atomic E-state index is 13.4. The number of pyridine rings is 1. The summed E-state index contributed by atoms with van der Waals surface area (Å²) in [6.45, 7) is 2.02. The minimum absolute atomic E-state index is 0.0556. The van der Waals surface area contributed by atoms with E-state index in [9.17, 15) is 13.2 Å². The molecule has 0 saturated heterocycles. The molecule has 3 aromatic heterocycles. The van der Waals surface area contributed by atoms with Crippen LogP contribution in [-0.4, -0.2) is 31.3 Å². The van der Waals surface area contributed by atoms with Gasteiger partial charge in [-0.15, -0.1) is 5.10 Å². The Morgan fingerprint density at radius 1 is 1.17 bits per heavy atom. The fourth-order valence-corrected chi connectivity index (χ4v) is 3.99. The highest BCUT2D eigenvalue weighted by atomic mass is 127. The Morgan fingerprint density at radius 3 is 2.50 bits per heavy atom. The van der Waals surface area contributed by atoms with Crippen molar-refractivity contribution in [2.24, 2.45) is 0 Å². The summed E-state index contributed by atoms with van der Waals surface area (Å²) in [5, 5.41) is 3.73. The highest BCUT2D eigenvalue weighted by molar-refractivity contribution is 14.1. The van der Waals surface area contributed by atoms with Crippen molar-refractivity contribution >= 4 is 44.2 Å². The number of fused-ring (bicyclic) bond motifs is 1. The van der Waals surface area contributed by atoms with Crippen LogP contribution in [0.5, 0.6) is 5.75 Å². The van der Waals surface area contributed by atoms with Crippen molar-refractivity contribution in [1.82, 2.24) is 24.1 Å². The van der Waals surface area contributed by atoms with E-state index in [1.165, 1.54) is 4.68 Å². The van der Waals surface area contributed by atoms with Crippen LogP contribution in [0.3, 0.4) is 0 Å². The van der Waals surface area contributed by atoms with E-state index < -0.39 is 12.0 Å². The van der Waals surface area contributed by atoms with E-state index in [4.69, 9.17) is 4.74 Å². The molecule has 0 aliphatic rings. The zero-order valence-electron chi connectivity index (χ0n) is 15.7. The molecule has 0 spiro atoms. The van der Waals surface area contributed by atoms with Crippen LogP contribution < -0.4 is 4.74 Å². The van der Waals surface area contributed by atoms with Crippen molar-refractivity contribution in [3.63, 3.8) is 0 Å². The summed E-state index contributed by atoms with van der Waals surface area (Å²) in [4.78, 5) is 8.33. The number of ether oxygens (including phenoxy) is 1. The number of benzene rings is 1. The molecule has 4 rings (SSSR count). The molecule has 0 aliphatic heterocycles. The standard InChI is InChI=1S/C19H14BrF3IN5O/c1-10-7-14-25-15(16(24)28(14)9-13(10)20)17-26-18(19(21,22)23)27-29(17)8-11-3-5-12(30-2)6-4-11/h3-7,9H,8H2,1-2H3. The number of aryl methyl sites for hydroxylation is 1. The third-order valence-corrected chi connectivity index (χ3v) is 6.33. The summed E-state index contributed by atoms with van der Waals surface area (Å²) >= 11 is 5.53. The van der Waals surface area contributed by atoms with Crippen molar-refractivity contribution < 1.29 is 17.9 Å². The number of rotatable bonds is 4. The molecule has 0 radical (unpaired) electrons. The van der Waals surface area contributed by atoms with Crippen LogP contribution in [-0.2, 0) is 12.7 Å². The molecule has 0 atom stereocenters. The first-order chi connectivity index (χ1) is 14.2. The molecular weight excluding hydrogens is 578 g/mol. The number of alkyl halides is 3. The Labute approximate surface area is 191 Å². The van der Waals surface area contributed by atoms with E-state index in [1.807, 2.05) is 19.2 Å². The number of methoxy groups -OCH3 is 1. The van der Waals surface area contributed by atoms with Gasteiger partial charge < -0.3 is 4.74 Å². The third kappa shape index (κ3) is 3.92. The summed E-state index contributed by atoms with van der Waals surface area (Å²) in [6.07, 6.45) is -2.83. The lowest BCUT2D eigenvalue weighted by molar-refractivity contribution is -0.144. The molecule has 0 unspecified atom stereocenters. The fourth-order valence-electron chi connectivity index (χ4n) is 2.93. The predicted octanol–water partition coefficient (Wildman–Crippen LogP) is 5.34. The molecule has 0 N–H and O–H groups in total. The van der Waals surface area contributed by atoms with Crippen molar-refractivity contribution in [2.45, 2.75) is 19.6 Å². The fraction of sp³-hybridized carbons (Fsp3) is 0.211. The van der Waals surface area contributed by atoms with Crippen molar-refractivity contribution in [1.29, 1.82) is 0 Å². The number of imidazole rings is 1. The van der Waals surface area contributed by atoms with Gasteiger partial charge in [0.25, 0.3) is 5.82 Å². The molecule has 4 aromatic rings. The van der Waals surface area contributed by atoms with E-state index in [-0.39, 0.29) is 12.4 Å². The first-order valence-corrected chi connectivity index (χ1v) is 10.5. The van der Waals surface area contributed by atoms with Crippen LogP contribution in [0.15, 0.2) is 41.0 Å². The average Bonchev–Trinajstić information content (AvgIpc) is 3.24. The molecule has 30 heavy (non-hydrogen) atoms. The second kappa shape index (κ2) is 7.84. The maximum Gasteiger partial charge on any atom is 0.453 e. The lowest BCUT2D eigenvalue weighted by Crippen LogP contribution is -2.09. The van der Waals surface area contributed by atoms with Gasteiger partial charge in [-0.2, -0.15) is 13.2 Å². The molecule has 11 heteroatoms. The summed E-state index contributed by atoms with van der Waals surface area (Å²) in [5.74, 6) is -0.486. The van der Waals surface area contributed by atoms with Crippen molar-refractivity contribution in [3.05, 3.63) is 61.7 Å². The lowest BCUT2D eigenvalue weighted by atomic mass is 10.2. The number of aromatic nitrogens is 5. The van der Waals surface area contributed by atoms with Gasteiger partial charge in [-0.3, -0.25) is 4.40 Å². The van der Waals surface area contributed by atoms with E-state index in [2.05, 4.69) is 53.6 Å². The number of halogens is 5. The topological polar surface area (TPSA) is 57.2 Å². The zero-order chi connectivity index (χ0) is 21.6. The molecule has 1 aromatic carbocycles. The normalized spacial score (nSPS) is 12.0. The first-order valence-electron chi connectivity index (χ1n) is 8.66. The molecular formula is C19H14BrF3IN5O. The minimum atomic E-state index is -4.66. The van der Waals surface area contributed by atoms with Crippen LogP contribution in [0.4, 0.5) is 13.2 Å². The Morgan fingerprint density at radius 2 is 1.87 bits per heavy atom. The molecule has 0 fully saturated rings. The number of hydrogen-bond acceptors (Lipinski definition) is 4. The van der Waals surface area contributed by atoms with Gasteiger partial charge in [-0.05, 0) is 74.8 Å². The van der Waals surface area contributed by atoms with Gasteiger partial charge in [0.15, 0.2) is 5.82 Å². The average molecular weight is 592 g/mol. The summed E-state index contributed by atoms with van der Waals surface area (Å²) in [7, 11) is 1.55. The molecule has 0 amide bonds. The molecule has 6 nitrogen and oxygen atoms in total. The van der Waals surface area contributed by atoms with Crippen molar-refractivity contribution in [3.8, 4) is 17.3 Å². The molecule has 0 bridgehead atoms. The molecule has 0 aliphatic carbocycles. The van der Waals surface area contributed by atoms with E-state index in [1.54, 1.807) is 35.8 Å². The Kier molecular flexibility index (Phi) is 5.51. The van der Waals surface area contributed by atoms with Gasteiger partial charge in [0.1, 0.15) is 20.8 Å². The zero-order valence-corrected chi connectivity index (χ0v) is 19.4. The largest absolute Gasteiger partial charge is 0.497 e. The minimum Gasteiger partial charge on any atom is -0.497 e. The highest BCUT2D eigenvalue weighted by Crippen LogP contribution is 2.32. The molecule has 0 saturated carbocycles. The van der Waals surface area contributed by atoms with Crippen molar-refractivity contribution in [2.75, 3.05) is 7.11 Å². The smallest absolute Gasteiger partial charge is 0.453 e. The van der Waals surface area contributed by atoms with Crippen LogP contribution >= 0.6 is 38.5 Å². The highest BCUT2D eigenvalue weighted by Gasteiger charge is 2.38. The van der Waals surface area contributed by atoms with Crippen LogP contribution in [0.25, 0.3) is 17.2 Å². The predicted molar refractivity (Wildman–Crippen MR) is 116 cm³/mol. The Balaban J connectivity index is 1.85. The quantitative estimate of drug-likeness (QED) is 0.301. The van der Waals surface area contributed by atoms with Gasteiger partial charge in [0.05, 0.1) is 13.7 Å². The number of nitrogens with zero attached hydrogens (tertiary/aromatic N) is 5. The summed E-state index contributed by atoms with van der Waals surface area (Å²) in [5.41, 5.74) is 2.67. The van der Waals surface area contributed by atoms with Gasteiger partial charge >= 0.3 is 6.18 Å². The molecule has 3 heterocycles. The monoisotopic (exact) mass is 591 g/mol. The lowest BCUT2D eigenvalue weighted by Gasteiger charge is -2.06. The second-order valence-electron chi connectivity index (χ2n) is 6.55. The maximum atomic E-state index is 13.4. The Bertz CT molecular complexity index is 1230. The SMILES string of the molecule is COc1ccc(Cn2nc(C(F)(F)F)nc2-c2nc3cc(C)c(Br)cn3c2I)cc1. The van der Waals surface area contributed by atoms with E-state index in [0.29, 0.717) is 20.8 Å². The summed E-state index contributed by atoms with van der Waals surface area (Å²) < 4.78 is 49.7. The van der Waals surface area contributed by atoms with Crippen LogP contribution in [0, 0.1) is 10.6 Å². The van der Waals surface area contributed by atoms with E-state index >= 15 is 0 Å². The second-order valence-corrected chi connectivity index (χ2v) is 8.42. The third-order valence-electron chi connectivity index (χ3n) is 4.47. The van der Waals surface area contributed by atoms with Crippen LogP contribution in [0.1, 0.15) is 17.0 Å². The van der Waals surface area contributed by atoms with Gasteiger partial charge in [-0.1, -0.05) is 12.1 Å². The van der Waals surface area contributed by atoms with Gasteiger partial charge in [0, 0.05) is 10.7 Å². The van der Waals surface area contributed by atoms with E-state index in [0.717, 1.165) is 15.6 Å².